The van der Waals surface area contributed by atoms with Crippen molar-refractivity contribution in [2.45, 2.75) is 13.8 Å². The maximum atomic E-state index is 13.5. The summed E-state index contributed by atoms with van der Waals surface area (Å²) in [6, 6.07) is 22.1. The summed E-state index contributed by atoms with van der Waals surface area (Å²) in [4.78, 5) is 25.4. The molecule has 0 saturated carbocycles. The van der Waals surface area contributed by atoms with Crippen LogP contribution in [-0.4, -0.2) is 23.1 Å². The Morgan fingerprint density at radius 3 is 1.94 bits per heavy atom. The first kappa shape index (κ1) is 23.8. The van der Waals surface area contributed by atoms with Crippen molar-refractivity contribution in [1.82, 2.24) is 9.97 Å². The summed E-state index contributed by atoms with van der Waals surface area (Å²) in [5.74, 6) is 0. The molecule has 5 nitrogen and oxygen atoms in total. The number of thiazole rings is 2. The minimum absolute atomic E-state index is 0. The van der Waals surface area contributed by atoms with E-state index in [0.717, 1.165) is 55.2 Å². The van der Waals surface area contributed by atoms with Crippen LogP contribution in [-0.2, 0) is 20.1 Å². The van der Waals surface area contributed by atoms with Gasteiger partial charge in [0.2, 0.25) is 0 Å². The van der Waals surface area contributed by atoms with Gasteiger partial charge in [-0.25, -0.2) is 14.8 Å². The summed E-state index contributed by atoms with van der Waals surface area (Å²) in [5.41, 5.74) is 4.25. The molecule has 0 amide bonds. The van der Waals surface area contributed by atoms with Crippen LogP contribution in [0.1, 0.15) is 13.8 Å². The molecule has 6 aromatic rings. The SMILES string of the molecule is CCN(CC)c1ccc2c(-c3nc4ccccc4s3)c(-c3nc4ccccc4s3)c(=O)oc2c1.[Ir+3]. The van der Waals surface area contributed by atoms with Crippen molar-refractivity contribution >= 4 is 59.8 Å². The van der Waals surface area contributed by atoms with E-state index in [0.29, 0.717) is 16.2 Å². The van der Waals surface area contributed by atoms with Gasteiger partial charge in [-0.2, -0.15) is 0 Å². The van der Waals surface area contributed by atoms with E-state index in [1.165, 1.54) is 11.3 Å². The number of hydrogen-bond acceptors (Lipinski definition) is 7. The third-order valence-electron chi connectivity index (χ3n) is 6.04. The summed E-state index contributed by atoms with van der Waals surface area (Å²) in [6.07, 6.45) is 0. The number of anilines is 1. The number of hydrogen-bond donors (Lipinski definition) is 0. The number of aromatic nitrogens is 2. The van der Waals surface area contributed by atoms with Crippen LogP contribution in [0, 0.1) is 0 Å². The molecule has 174 valence electrons. The topological polar surface area (TPSA) is 59.2 Å². The molecule has 6 rings (SSSR count). The Hall–Kier alpha value is -2.90. The summed E-state index contributed by atoms with van der Waals surface area (Å²) < 4.78 is 8.03. The van der Waals surface area contributed by atoms with Crippen molar-refractivity contribution in [3.8, 4) is 21.1 Å². The van der Waals surface area contributed by atoms with Gasteiger partial charge in [0.05, 0.1) is 20.4 Å². The van der Waals surface area contributed by atoms with Crippen molar-refractivity contribution in [1.29, 1.82) is 0 Å². The molecule has 0 aliphatic carbocycles. The number of rotatable bonds is 5. The van der Waals surface area contributed by atoms with E-state index < -0.39 is 5.63 Å². The Morgan fingerprint density at radius 1 is 0.800 bits per heavy atom. The molecule has 3 heterocycles. The van der Waals surface area contributed by atoms with Crippen LogP contribution < -0.4 is 10.5 Å². The fourth-order valence-electron chi connectivity index (χ4n) is 4.35. The van der Waals surface area contributed by atoms with Crippen LogP contribution in [0.2, 0.25) is 0 Å². The molecule has 3 aromatic heterocycles. The largest absolute Gasteiger partial charge is 3.00 e. The maximum absolute atomic E-state index is 13.5. The number of benzene rings is 3. The van der Waals surface area contributed by atoms with Gasteiger partial charge in [-0.1, -0.05) is 24.3 Å². The zero-order valence-corrected chi connectivity index (χ0v) is 23.1. The predicted octanol–water partition coefficient (Wildman–Crippen LogP) is 7.19. The molecule has 0 aliphatic heterocycles. The van der Waals surface area contributed by atoms with Crippen LogP contribution in [0.4, 0.5) is 5.69 Å². The third kappa shape index (κ3) is 4.10. The van der Waals surface area contributed by atoms with Gasteiger partial charge in [0.1, 0.15) is 21.2 Å². The van der Waals surface area contributed by atoms with Crippen molar-refractivity contribution in [2.75, 3.05) is 18.0 Å². The van der Waals surface area contributed by atoms with E-state index in [-0.39, 0.29) is 20.1 Å². The Bertz CT molecular complexity index is 1670. The second kappa shape index (κ2) is 9.63. The molecular weight excluding hydrogens is 655 g/mol. The Kier molecular flexibility index (Phi) is 6.55. The molecule has 0 spiro atoms. The van der Waals surface area contributed by atoms with Crippen LogP contribution >= 0.6 is 22.7 Å². The normalized spacial score (nSPS) is 11.3. The van der Waals surface area contributed by atoms with Gasteiger partial charge in [0.15, 0.2) is 0 Å². The second-order valence-corrected chi connectivity index (χ2v) is 10.0. The molecule has 0 saturated heterocycles. The van der Waals surface area contributed by atoms with Crippen LogP contribution in [0.5, 0.6) is 0 Å². The van der Waals surface area contributed by atoms with E-state index in [1.54, 1.807) is 11.3 Å². The molecule has 0 radical (unpaired) electrons. The first-order valence-electron chi connectivity index (χ1n) is 11.2. The van der Waals surface area contributed by atoms with Crippen molar-refractivity contribution in [3.05, 3.63) is 77.2 Å². The van der Waals surface area contributed by atoms with Gasteiger partial charge in [0, 0.05) is 35.8 Å². The van der Waals surface area contributed by atoms with E-state index >= 15 is 0 Å². The number of nitrogens with zero attached hydrogens (tertiary/aromatic N) is 3. The van der Waals surface area contributed by atoms with Crippen LogP contribution in [0.15, 0.2) is 75.9 Å². The third-order valence-corrected chi connectivity index (χ3v) is 8.14. The molecular formula is C27H21IrN3O2S2+3. The van der Waals surface area contributed by atoms with Gasteiger partial charge in [0.25, 0.3) is 0 Å². The fourth-order valence-corrected chi connectivity index (χ4v) is 6.39. The average Bonchev–Trinajstić information content (AvgIpc) is 3.47. The minimum atomic E-state index is -0.391. The monoisotopic (exact) mass is 676 g/mol. The molecule has 0 aliphatic rings. The van der Waals surface area contributed by atoms with E-state index in [2.05, 4.69) is 30.9 Å². The quantitative estimate of drug-likeness (QED) is 0.181. The predicted molar refractivity (Wildman–Crippen MR) is 143 cm³/mol. The van der Waals surface area contributed by atoms with E-state index in [1.807, 2.05) is 54.6 Å². The van der Waals surface area contributed by atoms with E-state index in [9.17, 15) is 4.79 Å². The molecule has 0 fully saturated rings. The van der Waals surface area contributed by atoms with Gasteiger partial charge in [-0.3, -0.25) is 0 Å². The summed E-state index contributed by atoms with van der Waals surface area (Å²) in [6.45, 7) is 5.99. The molecule has 0 N–H and O–H groups in total. The Morgan fingerprint density at radius 2 is 1.37 bits per heavy atom. The minimum Gasteiger partial charge on any atom is -0.422 e. The smallest absolute Gasteiger partial charge is 0.422 e. The van der Waals surface area contributed by atoms with Crippen LogP contribution in [0.25, 0.3) is 52.5 Å². The molecule has 0 bridgehead atoms. The molecule has 0 atom stereocenters. The molecule has 3 aromatic carbocycles. The standard InChI is InChI=1S/C27H21N3O2S2.Ir/c1-3-30(4-2)16-13-14-17-20(15-16)32-27(31)24(26-29-19-10-6-8-12-22(19)34-26)23(17)25-28-18-9-5-7-11-21(18)33-25;/h5-15H,3-4H2,1-2H3;/q;+3. The summed E-state index contributed by atoms with van der Waals surface area (Å²) in [7, 11) is 0. The average molecular weight is 676 g/mol. The summed E-state index contributed by atoms with van der Waals surface area (Å²) >= 11 is 3.09. The van der Waals surface area contributed by atoms with Crippen molar-refractivity contribution in [3.63, 3.8) is 0 Å². The van der Waals surface area contributed by atoms with Crippen molar-refractivity contribution in [2.24, 2.45) is 0 Å². The molecule has 8 heteroatoms. The van der Waals surface area contributed by atoms with Gasteiger partial charge in [-0.15, -0.1) is 22.7 Å². The van der Waals surface area contributed by atoms with Gasteiger partial charge < -0.3 is 9.32 Å². The summed E-state index contributed by atoms with van der Waals surface area (Å²) in [5, 5.41) is 2.31. The van der Waals surface area contributed by atoms with Crippen LogP contribution in [0.3, 0.4) is 0 Å². The van der Waals surface area contributed by atoms with Gasteiger partial charge >= 0.3 is 25.7 Å². The molecule has 0 unspecified atom stereocenters. The maximum Gasteiger partial charge on any atom is 3.00 e. The number of para-hydroxylation sites is 2. The fraction of sp³-hybridized carbons (Fsp3) is 0.148. The van der Waals surface area contributed by atoms with Gasteiger partial charge in [-0.05, 0) is 50.2 Å². The Balaban J connectivity index is 0.00000253. The zero-order valence-electron chi connectivity index (χ0n) is 19.1. The first-order chi connectivity index (χ1) is 16.7. The zero-order chi connectivity index (χ0) is 23.2. The Labute approximate surface area is 223 Å². The first-order valence-corrected chi connectivity index (χ1v) is 12.9. The number of fused-ring (bicyclic) bond motifs is 3. The van der Waals surface area contributed by atoms with Crippen molar-refractivity contribution < 1.29 is 24.5 Å². The molecule has 35 heavy (non-hydrogen) atoms. The second-order valence-electron chi connectivity index (χ2n) is 7.97. The van der Waals surface area contributed by atoms with E-state index in [4.69, 9.17) is 14.4 Å².